The molecule has 0 spiro atoms. The third-order valence-electron chi connectivity index (χ3n) is 3.03. The van der Waals surface area contributed by atoms with Crippen LogP contribution in [0.3, 0.4) is 0 Å². The molecule has 4 heteroatoms. The number of fused-ring (bicyclic) bond motifs is 1. The van der Waals surface area contributed by atoms with Crippen molar-refractivity contribution in [3.63, 3.8) is 0 Å². The standard InChI is InChI=1S/C10H8N2.C8H6N2/c1-3-7-11-9(5-1)10-6-2-4-8-12-10;1-3-9-5-8-6-10-4-2-7(1)8/h1-8H;1-6H. The van der Waals surface area contributed by atoms with Crippen LogP contribution in [0.15, 0.2) is 85.7 Å². The lowest BCUT2D eigenvalue weighted by atomic mass is 10.2. The summed E-state index contributed by atoms with van der Waals surface area (Å²) in [7, 11) is 0. The summed E-state index contributed by atoms with van der Waals surface area (Å²) in [5.74, 6) is 0. The van der Waals surface area contributed by atoms with Crippen molar-refractivity contribution < 1.29 is 0 Å². The smallest absolute Gasteiger partial charge is 0.0886 e. The molecule has 0 fully saturated rings. The topological polar surface area (TPSA) is 51.6 Å². The van der Waals surface area contributed by atoms with Crippen LogP contribution in [-0.2, 0) is 0 Å². The van der Waals surface area contributed by atoms with Crippen molar-refractivity contribution >= 4 is 10.8 Å². The number of hydrogen-bond donors (Lipinski definition) is 0. The van der Waals surface area contributed by atoms with E-state index < -0.39 is 0 Å². The van der Waals surface area contributed by atoms with Gasteiger partial charge >= 0.3 is 0 Å². The molecule has 0 saturated carbocycles. The van der Waals surface area contributed by atoms with E-state index in [1.54, 1.807) is 24.8 Å². The van der Waals surface area contributed by atoms with E-state index in [1.807, 2.05) is 60.9 Å². The van der Waals surface area contributed by atoms with Gasteiger partial charge in [0.05, 0.1) is 11.4 Å². The highest BCUT2D eigenvalue weighted by Gasteiger charge is 1.95. The second kappa shape index (κ2) is 7.04. The minimum absolute atomic E-state index is 0.915. The van der Waals surface area contributed by atoms with Crippen LogP contribution < -0.4 is 0 Å². The zero-order chi connectivity index (χ0) is 15.0. The van der Waals surface area contributed by atoms with Crippen LogP contribution in [0.25, 0.3) is 22.2 Å². The lowest BCUT2D eigenvalue weighted by Crippen LogP contribution is -1.83. The average molecular weight is 286 g/mol. The van der Waals surface area contributed by atoms with E-state index in [1.165, 1.54) is 5.39 Å². The maximum Gasteiger partial charge on any atom is 0.0886 e. The molecule has 4 aromatic heterocycles. The first-order chi connectivity index (χ1) is 10.9. The lowest BCUT2D eigenvalue weighted by Gasteiger charge is -1.96. The molecule has 0 unspecified atom stereocenters. The Balaban J connectivity index is 0.000000133. The molecule has 0 saturated heterocycles. The predicted octanol–water partition coefficient (Wildman–Crippen LogP) is 3.77. The highest BCUT2D eigenvalue weighted by Crippen LogP contribution is 2.11. The second-order valence-corrected chi connectivity index (χ2v) is 4.53. The Bertz CT molecular complexity index is 730. The first-order valence-electron chi connectivity index (χ1n) is 6.90. The Morgan fingerprint density at radius 3 is 1.45 bits per heavy atom. The molecule has 4 rings (SSSR count). The van der Waals surface area contributed by atoms with E-state index in [4.69, 9.17) is 0 Å². The van der Waals surface area contributed by atoms with Gasteiger partial charge in [-0.25, -0.2) is 0 Å². The quantitative estimate of drug-likeness (QED) is 0.534. The van der Waals surface area contributed by atoms with E-state index in [9.17, 15) is 0 Å². The summed E-state index contributed by atoms with van der Waals surface area (Å²) in [5, 5.41) is 2.27. The molecular formula is C18H14N4. The van der Waals surface area contributed by atoms with E-state index in [2.05, 4.69) is 19.9 Å². The second-order valence-electron chi connectivity index (χ2n) is 4.53. The third-order valence-corrected chi connectivity index (χ3v) is 3.03. The molecular weight excluding hydrogens is 272 g/mol. The maximum atomic E-state index is 4.19. The first kappa shape index (κ1) is 13.8. The summed E-state index contributed by atoms with van der Waals surface area (Å²) in [6, 6.07) is 15.5. The molecule has 0 atom stereocenters. The summed E-state index contributed by atoms with van der Waals surface area (Å²) in [4.78, 5) is 16.3. The molecule has 0 bridgehead atoms. The predicted molar refractivity (Wildman–Crippen MR) is 87.0 cm³/mol. The fourth-order valence-electron chi connectivity index (χ4n) is 1.95. The van der Waals surface area contributed by atoms with Crippen LogP contribution in [0.2, 0.25) is 0 Å². The molecule has 106 valence electrons. The molecule has 4 nitrogen and oxygen atoms in total. The zero-order valence-corrected chi connectivity index (χ0v) is 11.9. The largest absolute Gasteiger partial charge is 0.264 e. The lowest BCUT2D eigenvalue weighted by molar-refractivity contribution is 1.25. The molecule has 0 N–H and O–H groups in total. The van der Waals surface area contributed by atoms with Gasteiger partial charge in [0.1, 0.15) is 0 Å². The van der Waals surface area contributed by atoms with Crippen molar-refractivity contribution in [1.29, 1.82) is 0 Å². The summed E-state index contributed by atoms with van der Waals surface area (Å²) in [6.07, 6.45) is 10.7. The molecule has 0 radical (unpaired) electrons. The summed E-state index contributed by atoms with van der Waals surface area (Å²) < 4.78 is 0. The highest BCUT2D eigenvalue weighted by atomic mass is 14.7. The van der Waals surface area contributed by atoms with Crippen molar-refractivity contribution in [2.24, 2.45) is 0 Å². The molecule has 22 heavy (non-hydrogen) atoms. The number of rotatable bonds is 1. The summed E-state index contributed by atoms with van der Waals surface area (Å²) >= 11 is 0. The number of hydrogen-bond acceptors (Lipinski definition) is 4. The van der Waals surface area contributed by atoms with Crippen LogP contribution in [0.1, 0.15) is 0 Å². The van der Waals surface area contributed by atoms with Gasteiger partial charge in [-0.1, -0.05) is 12.1 Å². The Kier molecular flexibility index (Phi) is 4.42. The molecule has 4 aromatic rings. The van der Waals surface area contributed by atoms with Crippen molar-refractivity contribution in [3.8, 4) is 11.4 Å². The fraction of sp³-hybridized carbons (Fsp3) is 0. The summed E-state index contributed by atoms with van der Waals surface area (Å²) in [6.45, 7) is 0. The molecule has 0 aliphatic carbocycles. The number of pyridine rings is 4. The molecule has 0 aliphatic heterocycles. The maximum absolute atomic E-state index is 4.19. The van der Waals surface area contributed by atoms with Crippen LogP contribution in [0.5, 0.6) is 0 Å². The van der Waals surface area contributed by atoms with Crippen molar-refractivity contribution in [1.82, 2.24) is 19.9 Å². The molecule has 4 heterocycles. The van der Waals surface area contributed by atoms with E-state index >= 15 is 0 Å². The van der Waals surface area contributed by atoms with Crippen molar-refractivity contribution in [3.05, 3.63) is 85.7 Å². The summed E-state index contributed by atoms with van der Waals surface area (Å²) in [5.41, 5.74) is 1.83. The van der Waals surface area contributed by atoms with Gasteiger partial charge in [0, 0.05) is 42.6 Å². The van der Waals surface area contributed by atoms with E-state index in [-0.39, 0.29) is 0 Å². The van der Waals surface area contributed by atoms with Crippen LogP contribution in [0, 0.1) is 0 Å². The van der Waals surface area contributed by atoms with Gasteiger partial charge in [-0.2, -0.15) is 0 Å². The minimum atomic E-state index is 0.915. The first-order valence-corrected chi connectivity index (χ1v) is 6.90. The van der Waals surface area contributed by atoms with E-state index in [0.717, 1.165) is 16.8 Å². The third kappa shape index (κ3) is 3.49. The zero-order valence-electron chi connectivity index (χ0n) is 11.9. The van der Waals surface area contributed by atoms with Crippen molar-refractivity contribution in [2.75, 3.05) is 0 Å². The van der Waals surface area contributed by atoms with Gasteiger partial charge in [-0.3, -0.25) is 19.9 Å². The average Bonchev–Trinajstić information content (AvgIpc) is 2.64. The van der Waals surface area contributed by atoms with Gasteiger partial charge in [0.2, 0.25) is 0 Å². The van der Waals surface area contributed by atoms with Gasteiger partial charge in [-0.15, -0.1) is 0 Å². The fourth-order valence-corrected chi connectivity index (χ4v) is 1.95. The SMILES string of the molecule is c1cc2ccncc2cn1.c1ccc(-c2ccccn2)nc1. The van der Waals surface area contributed by atoms with Gasteiger partial charge < -0.3 is 0 Å². The Morgan fingerprint density at radius 2 is 1.05 bits per heavy atom. The number of aromatic nitrogens is 4. The van der Waals surface area contributed by atoms with Gasteiger partial charge in [0.15, 0.2) is 0 Å². The monoisotopic (exact) mass is 286 g/mol. The highest BCUT2D eigenvalue weighted by molar-refractivity contribution is 5.79. The molecule has 0 aromatic carbocycles. The van der Waals surface area contributed by atoms with Crippen LogP contribution >= 0.6 is 0 Å². The Labute approximate surface area is 128 Å². The van der Waals surface area contributed by atoms with Gasteiger partial charge in [-0.05, 0) is 41.8 Å². The Morgan fingerprint density at radius 1 is 0.500 bits per heavy atom. The van der Waals surface area contributed by atoms with Crippen LogP contribution in [0.4, 0.5) is 0 Å². The minimum Gasteiger partial charge on any atom is -0.264 e. The Hall–Kier alpha value is -3.14. The van der Waals surface area contributed by atoms with E-state index in [0.29, 0.717) is 0 Å². The molecule has 0 aliphatic rings. The van der Waals surface area contributed by atoms with Crippen molar-refractivity contribution in [2.45, 2.75) is 0 Å². The van der Waals surface area contributed by atoms with Gasteiger partial charge in [0.25, 0.3) is 0 Å². The molecule has 0 amide bonds. The normalized spacial score (nSPS) is 9.82. The number of nitrogens with zero attached hydrogens (tertiary/aromatic N) is 4. The van der Waals surface area contributed by atoms with Crippen LogP contribution in [-0.4, -0.2) is 19.9 Å².